The highest BCUT2D eigenvalue weighted by Crippen LogP contribution is 2.36. The van der Waals surface area contributed by atoms with Gasteiger partial charge in [0.2, 0.25) is 0 Å². The lowest BCUT2D eigenvalue weighted by Gasteiger charge is -2.33. The lowest BCUT2D eigenvalue weighted by Crippen LogP contribution is -2.28. The zero-order valence-corrected chi connectivity index (χ0v) is 22.7. The number of hydrogen-bond acceptors (Lipinski definition) is 5. The van der Waals surface area contributed by atoms with Crippen molar-refractivity contribution in [2.24, 2.45) is 17.3 Å². The molecule has 0 saturated heterocycles. The first-order valence-corrected chi connectivity index (χ1v) is 13.4. The van der Waals surface area contributed by atoms with Crippen molar-refractivity contribution in [2.75, 3.05) is 26.4 Å². The van der Waals surface area contributed by atoms with Crippen LogP contribution in [0.15, 0.2) is 43.5 Å². The molecule has 5 heteroatoms. The minimum atomic E-state index is 0.0440. The van der Waals surface area contributed by atoms with Crippen LogP contribution in [0.2, 0.25) is 0 Å². The monoisotopic (exact) mass is 487 g/mol. The summed E-state index contributed by atoms with van der Waals surface area (Å²) < 4.78 is 24.9. The SMILES string of the molecule is C=CCC1(CC=C)CCOCC(CC(C)C)OCc2cccc(n2)CO[C@@H](CC(C)C)COCC1. The van der Waals surface area contributed by atoms with Gasteiger partial charge in [-0.2, -0.15) is 0 Å². The predicted molar refractivity (Wildman–Crippen MR) is 143 cm³/mol. The average molecular weight is 488 g/mol. The summed E-state index contributed by atoms with van der Waals surface area (Å²) in [5.74, 6) is 1.06. The maximum atomic E-state index is 6.28. The van der Waals surface area contributed by atoms with Crippen molar-refractivity contribution in [1.82, 2.24) is 4.98 Å². The van der Waals surface area contributed by atoms with E-state index in [0.29, 0.717) is 51.5 Å². The number of aromatic nitrogens is 1. The fourth-order valence-electron chi connectivity index (χ4n) is 4.75. The molecule has 5 nitrogen and oxygen atoms in total. The standard InChI is InChI=1S/C30H49NO4/c1-7-12-30(13-8-2)14-16-32-22-28(18-24(3)4)34-20-26-10-9-11-27(31-26)21-35-29(19-25(5)6)23-33-17-15-30/h7-11,24-25,28-29H,1-2,12-23H2,3-6H3/t28-,29?/m0/s1. The lowest BCUT2D eigenvalue weighted by atomic mass is 9.75. The smallest absolute Gasteiger partial charge is 0.0892 e. The van der Waals surface area contributed by atoms with Crippen LogP contribution in [0.25, 0.3) is 0 Å². The van der Waals surface area contributed by atoms with Crippen LogP contribution in [0, 0.1) is 17.3 Å². The maximum Gasteiger partial charge on any atom is 0.0892 e. The second-order valence-corrected chi connectivity index (χ2v) is 10.9. The fourth-order valence-corrected chi connectivity index (χ4v) is 4.75. The van der Waals surface area contributed by atoms with Gasteiger partial charge in [-0.05, 0) is 67.9 Å². The molecule has 198 valence electrons. The molecule has 2 atom stereocenters. The molecular formula is C30H49NO4. The van der Waals surface area contributed by atoms with Crippen molar-refractivity contribution in [3.05, 3.63) is 54.9 Å². The zero-order chi connectivity index (χ0) is 25.5. The molecule has 1 unspecified atom stereocenters. The van der Waals surface area contributed by atoms with Gasteiger partial charge in [-0.25, -0.2) is 0 Å². The van der Waals surface area contributed by atoms with Crippen LogP contribution in [0.1, 0.15) is 77.6 Å². The third-order valence-electron chi connectivity index (χ3n) is 6.58. The van der Waals surface area contributed by atoms with Crippen LogP contribution >= 0.6 is 0 Å². The van der Waals surface area contributed by atoms with Crippen LogP contribution in [-0.4, -0.2) is 43.6 Å². The molecular weight excluding hydrogens is 438 g/mol. The highest BCUT2D eigenvalue weighted by atomic mass is 16.5. The van der Waals surface area contributed by atoms with Gasteiger partial charge < -0.3 is 18.9 Å². The van der Waals surface area contributed by atoms with Gasteiger partial charge in [0.05, 0.1) is 50.0 Å². The number of allylic oxidation sites excluding steroid dienone is 2. The Bertz CT molecular complexity index is 676. The quantitative estimate of drug-likeness (QED) is 0.373. The van der Waals surface area contributed by atoms with Gasteiger partial charge in [-0.3, -0.25) is 4.98 Å². The van der Waals surface area contributed by atoms with Gasteiger partial charge in [0.1, 0.15) is 0 Å². The number of hydrogen-bond donors (Lipinski definition) is 0. The average Bonchev–Trinajstić information content (AvgIpc) is 2.80. The Kier molecular flexibility index (Phi) is 13.8. The normalized spacial score (nSPS) is 22.9. The summed E-state index contributed by atoms with van der Waals surface area (Å²) in [7, 11) is 0. The highest BCUT2D eigenvalue weighted by Gasteiger charge is 2.28. The molecule has 2 rings (SSSR count). The third kappa shape index (κ3) is 11.8. The molecule has 0 saturated carbocycles. The largest absolute Gasteiger partial charge is 0.379 e. The Balaban J connectivity index is 2.18. The Morgan fingerprint density at radius 1 is 0.857 bits per heavy atom. The van der Waals surface area contributed by atoms with E-state index in [1.54, 1.807) is 0 Å². The minimum Gasteiger partial charge on any atom is -0.379 e. The number of ether oxygens (including phenoxy) is 4. The molecule has 2 bridgehead atoms. The van der Waals surface area contributed by atoms with Crippen LogP contribution < -0.4 is 0 Å². The molecule has 0 amide bonds. The molecule has 35 heavy (non-hydrogen) atoms. The Labute approximate surface area is 214 Å². The number of pyridine rings is 1. The summed E-state index contributed by atoms with van der Waals surface area (Å²) in [6.07, 6.45) is 9.77. The van der Waals surface area contributed by atoms with Crippen molar-refractivity contribution >= 4 is 0 Å². The molecule has 0 aromatic carbocycles. The molecule has 0 radical (unpaired) electrons. The fraction of sp³-hybridized carbons (Fsp3) is 0.700. The summed E-state index contributed by atoms with van der Waals surface area (Å²) in [6, 6.07) is 6.06. The molecule has 2 heterocycles. The zero-order valence-electron chi connectivity index (χ0n) is 22.7. The first-order chi connectivity index (χ1) is 16.9. The Morgan fingerprint density at radius 3 is 1.71 bits per heavy atom. The van der Waals surface area contributed by atoms with E-state index in [4.69, 9.17) is 23.9 Å². The van der Waals surface area contributed by atoms with Crippen LogP contribution in [0.5, 0.6) is 0 Å². The molecule has 0 spiro atoms. The Morgan fingerprint density at radius 2 is 1.31 bits per heavy atom. The minimum absolute atomic E-state index is 0.0440. The first-order valence-electron chi connectivity index (χ1n) is 13.4. The van der Waals surface area contributed by atoms with Gasteiger partial charge in [-0.15, -0.1) is 13.2 Å². The van der Waals surface area contributed by atoms with Gasteiger partial charge >= 0.3 is 0 Å². The van der Waals surface area contributed by atoms with Crippen molar-refractivity contribution < 1.29 is 18.9 Å². The molecule has 0 fully saturated rings. The molecule has 1 aliphatic heterocycles. The van der Waals surface area contributed by atoms with Crippen LogP contribution in [0.3, 0.4) is 0 Å². The second-order valence-electron chi connectivity index (χ2n) is 10.9. The van der Waals surface area contributed by atoms with Crippen molar-refractivity contribution in [3.8, 4) is 0 Å². The van der Waals surface area contributed by atoms with E-state index in [9.17, 15) is 0 Å². The van der Waals surface area contributed by atoms with E-state index in [0.717, 1.165) is 49.9 Å². The first kappa shape index (κ1) is 29.7. The maximum absolute atomic E-state index is 6.28. The summed E-state index contributed by atoms with van der Waals surface area (Å²) in [5.41, 5.74) is 1.90. The molecule has 1 aromatic rings. The summed E-state index contributed by atoms with van der Waals surface area (Å²) in [5, 5.41) is 0. The van der Waals surface area contributed by atoms with E-state index in [1.807, 2.05) is 30.4 Å². The topological polar surface area (TPSA) is 49.8 Å². The van der Waals surface area contributed by atoms with Gasteiger partial charge in [0.15, 0.2) is 0 Å². The van der Waals surface area contributed by atoms with Gasteiger partial charge in [0, 0.05) is 13.2 Å². The Hall–Kier alpha value is -1.53. The summed E-state index contributed by atoms with van der Waals surface area (Å²) in [6.45, 7) is 20.4. The van der Waals surface area contributed by atoms with Gasteiger partial charge in [0.25, 0.3) is 0 Å². The van der Waals surface area contributed by atoms with Gasteiger partial charge in [-0.1, -0.05) is 45.9 Å². The van der Waals surface area contributed by atoms with E-state index >= 15 is 0 Å². The number of nitrogens with zero attached hydrogens (tertiary/aromatic N) is 1. The van der Waals surface area contributed by atoms with Crippen LogP contribution in [-0.2, 0) is 32.2 Å². The van der Waals surface area contributed by atoms with E-state index in [-0.39, 0.29) is 17.6 Å². The van der Waals surface area contributed by atoms with Crippen molar-refractivity contribution in [2.45, 2.75) is 91.6 Å². The van der Waals surface area contributed by atoms with Crippen molar-refractivity contribution in [3.63, 3.8) is 0 Å². The predicted octanol–water partition coefficient (Wildman–Crippen LogP) is 6.91. The van der Waals surface area contributed by atoms with E-state index < -0.39 is 0 Å². The third-order valence-corrected chi connectivity index (χ3v) is 6.58. The van der Waals surface area contributed by atoms with Crippen LogP contribution in [0.4, 0.5) is 0 Å². The van der Waals surface area contributed by atoms with E-state index in [2.05, 4.69) is 40.9 Å². The number of rotatable bonds is 8. The van der Waals surface area contributed by atoms with Crippen molar-refractivity contribution in [1.29, 1.82) is 0 Å². The van der Waals surface area contributed by atoms with E-state index in [1.165, 1.54) is 0 Å². The highest BCUT2D eigenvalue weighted by molar-refractivity contribution is 5.10. The summed E-state index contributed by atoms with van der Waals surface area (Å²) in [4.78, 5) is 4.77. The molecule has 1 aliphatic rings. The second kappa shape index (κ2) is 16.3. The molecule has 0 aliphatic carbocycles. The molecule has 1 aromatic heterocycles. The summed E-state index contributed by atoms with van der Waals surface area (Å²) >= 11 is 0. The lowest BCUT2D eigenvalue weighted by molar-refractivity contribution is -0.0505. The number of fused-ring (bicyclic) bond motifs is 2. The molecule has 0 N–H and O–H groups in total.